The van der Waals surface area contributed by atoms with Crippen LogP contribution in [-0.4, -0.2) is 64.1 Å². The Morgan fingerprint density at radius 3 is 2.40 bits per heavy atom. The molecule has 3 fully saturated rings. The topological polar surface area (TPSA) is 138 Å². The van der Waals surface area contributed by atoms with Gasteiger partial charge in [-0.1, -0.05) is 84.9 Å². The Hall–Kier alpha value is -5.94. The SMILES string of the molecule is O=C(O)N(c1cccc(OCCc2ccc(-c3cccc(CNC[C@H](O)c4ccc(O)c5[nH]c(=O)ccc45)c3)cc2)c1)[C@@H](c1ccccc1)C1CN2CCC1CC2. The fraction of sp³-hybridized carbons (Fsp3) is 0.277. The molecule has 3 aliphatic rings. The summed E-state index contributed by atoms with van der Waals surface area (Å²) in [5, 5.41) is 35.7. The highest BCUT2D eigenvalue weighted by atomic mass is 16.5. The maximum Gasteiger partial charge on any atom is 0.412 e. The lowest BCUT2D eigenvalue weighted by molar-refractivity contribution is 0.0358. The quantitative estimate of drug-likeness (QED) is 0.0755. The third-order valence-electron chi connectivity index (χ3n) is 11.6. The second kappa shape index (κ2) is 17.1. The number of H-pyrrole nitrogens is 1. The molecular weight excluding hydrogens is 717 g/mol. The molecule has 3 atom stereocenters. The largest absolute Gasteiger partial charge is 0.506 e. The number of benzene rings is 5. The number of aromatic amines is 1. The molecule has 292 valence electrons. The summed E-state index contributed by atoms with van der Waals surface area (Å²) < 4.78 is 6.23. The van der Waals surface area contributed by atoms with Crippen molar-refractivity contribution >= 4 is 22.7 Å². The molecule has 0 spiro atoms. The van der Waals surface area contributed by atoms with Crippen molar-refractivity contribution in [2.24, 2.45) is 11.8 Å². The molecular formula is C47H48N4O6. The Balaban J connectivity index is 0.877. The van der Waals surface area contributed by atoms with Gasteiger partial charge in [0.1, 0.15) is 11.5 Å². The van der Waals surface area contributed by atoms with Crippen LogP contribution in [0, 0.1) is 11.8 Å². The Labute approximate surface area is 332 Å². The number of fused-ring (bicyclic) bond motifs is 4. The van der Waals surface area contributed by atoms with Gasteiger partial charge in [0.15, 0.2) is 0 Å². The van der Waals surface area contributed by atoms with Crippen molar-refractivity contribution in [1.82, 2.24) is 15.2 Å². The van der Waals surface area contributed by atoms with Crippen LogP contribution in [0.5, 0.6) is 11.5 Å². The summed E-state index contributed by atoms with van der Waals surface area (Å²) in [6.07, 6.45) is 1.11. The fourth-order valence-corrected chi connectivity index (χ4v) is 8.74. The van der Waals surface area contributed by atoms with E-state index >= 15 is 0 Å². The minimum Gasteiger partial charge on any atom is -0.506 e. The van der Waals surface area contributed by atoms with Crippen LogP contribution < -0.4 is 20.5 Å². The van der Waals surface area contributed by atoms with Crippen LogP contribution in [0.1, 0.15) is 47.2 Å². The predicted molar refractivity (Wildman–Crippen MR) is 223 cm³/mol. The first-order valence-corrected chi connectivity index (χ1v) is 19.7. The molecule has 0 aliphatic carbocycles. The summed E-state index contributed by atoms with van der Waals surface area (Å²) in [5.74, 6) is 1.31. The van der Waals surface area contributed by atoms with Crippen LogP contribution in [0.2, 0.25) is 0 Å². The first-order valence-electron chi connectivity index (χ1n) is 19.7. The molecule has 1 amide bonds. The van der Waals surface area contributed by atoms with E-state index in [2.05, 4.69) is 63.7 Å². The Bertz CT molecular complexity index is 2370. The summed E-state index contributed by atoms with van der Waals surface area (Å²) in [5.41, 5.74) is 6.62. The minimum absolute atomic E-state index is 0.0381. The molecule has 0 saturated carbocycles. The molecule has 3 saturated heterocycles. The van der Waals surface area contributed by atoms with Crippen LogP contribution in [-0.2, 0) is 13.0 Å². The highest BCUT2D eigenvalue weighted by Gasteiger charge is 2.43. The molecule has 2 bridgehead atoms. The van der Waals surface area contributed by atoms with Gasteiger partial charge in [0.2, 0.25) is 5.56 Å². The van der Waals surface area contributed by atoms with Gasteiger partial charge in [-0.15, -0.1) is 0 Å². The molecule has 6 aromatic rings. The summed E-state index contributed by atoms with van der Waals surface area (Å²) in [7, 11) is 0. The first kappa shape index (κ1) is 38.0. The molecule has 4 heterocycles. The average molecular weight is 765 g/mol. The lowest BCUT2D eigenvalue weighted by atomic mass is 9.73. The number of phenols is 1. The lowest BCUT2D eigenvalue weighted by Crippen LogP contribution is -2.53. The predicted octanol–water partition coefficient (Wildman–Crippen LogP) is 7.91. The molecule has 5 N–H and O–H groups in total. The van der Waals surface area contributed by atoms with E-state index in [-0.39, 0.29) is 29.8 Å². The monoisotopic (exact) mass is 764 g/mol. The minimum atomic E-state index is -0.960. The number of piperidine rings is 3. The normalized spacial score (nSPS) is 18.6. The number of aromatic hydroxyl groups is 1. The molecule has 1 aromatic heterocycles. The molecule has 9 rings (SSSR count). The number of aliphatic hydroxyl groups is 1. The molecule has 10 heteroatoms. The summed E-state index contributed by atoms with van der Waals surface area (Å²) in [4.78, 5) is 31.5. The zero-order chi connectivity index (χ0) is 39.3. The van der Waals surface area contributed by atoms with E-state index in [1.807, 2.05) is 54.6 Å². The standard InChI is InChI=1S/C47H48N4O6/c52-42-18-16-39(40-17-19-44(54)49-45(40)42)43(53)29-48-28-32-6-4-9-36(26-32)33-14-12-31(13-15-33)22-25-57-38-11-5-10-37(27-38)51(47(55)56)46(35-7-2-1-3-8-35)41-30-50-23-20-34(41)21-24-50/h1-19,26-27,34,41,43,46,48,52-53H,20-25,28-30H2,(H,49,54)(H,55,56)/t41?,43-,46-/m0/s1. The average Bonchev–Trinajstić information content (AvgIpc) is 3.24. The number of hydrogen-bond acceptors (Lipinski definition) is 7. The number of rotatable bonds is 14. The van der Waals surface area contributed by atoms with Gasteiger partial charge >= 0.3 is 6.09 Å². The Morgan fingerprint density at radius 1 is 0.860 bits per heavy atom. The van der Waals surface area contributed by atoms with Gasteiger partial charge in [0, 0.05) is 43.6 Å². The van der Waals surface area contributed by atoms with E-state index in [9.17, 15) is 24.9 Å². The highest BCUT2D eigenvalue weighted by Crippen LogP contribution is 2.44. The smallest absolute Gasteiger partial charge is 0.412 e. The van der Waals surface area contributed by atoms with E-state index in [1.165, 1.54) is 12.1 Å². The van der Waals surface area contributed by atoms with Crippen LogP contribution in [0.4, 0.5) is 10.5 Å². The van der Waals surface area contributed by atoms with Gasteiger partial charge in [-0.2, -0.15) is 0 Å². The molecule has 3 aliphatic heterocycles. The van der Waals surface area contributed by atoms with Gasteiger partial charge in [-0.3, -0.25) is 9.69 Å². The van der Waals surface area contributed by atoms with Gasteiger partial charge in [-0.25, -0.2) is 4.79 Å². The number of aromatic nitrogens is 1. The third kappa shape index (κ3) is 8.58. The second-order valence-electron chi connectivity index (χ2n) is 15.2. The lowest BCUT2D eigenvalue weighted by Gasteiger charge is -2.49. The summed E-state index contributed by atoms with van der Waals surface area (Å²) in [6.45, 7) is 4.37. The fourth-order valence-electron chi connectivity index (χ4n) is 8.74. The van der Waals surface area contributed by atoms with Gasteiger partial charge in [-0.05, 0) is 101 Å². The van der Waals surface area contributed by atoms with Crippen LogP contribution in [0.3, 0.4) is 0 Å². The number of carbonyl (C=O) groups is 1. The molecule has 10 nitrogen and oxygen atoms in total. The zero-order valence-electron chi connectivity index (χ0n) is 31.8. The Morgan fingerprint density at radius 2 is 1.65 bits per heavy atom. The highest BCUT2D eigenvalue weighted by molar-refractivity contribution is 5.88. The van der Waals surface area contributed by atoms with Crippen molar-refractivity contribution in [1.29, 1.82) is 0 Å². The van der Waals surface area contributed by atoms with Crippen molar-refractivity contribution in [3.63, 3.8) is 0 Å². The molecule has 0 radical (unpaired) electrons. The van der Waals surface area contributed by atoms with Crippen molar-refractivity contribution in [2.75, 3.05) is 37.7 Å². The number of aliphatic hydroxyl groups excluding tert-OH is 1. The van der Waals surface area contributed by atoms with Gasteiger partial charge in [0.25, 0.3) is 0 Å². The molecule has 1 unspecified atom stereocenters. The van der Waals surface area contributed by atoms with Crippen molar-refractivity contribution in [2.45, 2.75) is 38.0 Å². The van der Waals surface area contributed by atoms with E-state index in [0.29, 0.717) is 53.4 Å². The van der Waals surface area contributed by atoms with Crippen molar-refractivity contribution < 1.29 is 24.9 Å². The van der Waals surface area contributed by atoms with E-state index in [0.717, 1.165) is 60.3 Å². The van der Waals surface area contributed by atoms with Gasteiger partial charge in [0.05, 0.1) is 30.0 Å². The molecule has 57 heavy (non-hydrogen) atoms. The zero-order valence-corrected chi connectivity index (χ0v) is 31.8. The summed E-state index contributed by atoms with van der Waals surface area (Å²) in [6, 6.07) is 40.1. The van der Waals surface area contributed by atoms with Crippen molar-refractivity contribution in [3.8, 4) is 22.6 Å². The van der Waals surface area contributed by atoms with Crippen molar-refractivity contribution in [3.05, 3.63) is 160 Å². The van der Waals surface area contributed by atoms with Crippen LogP contribution in [0.15, 0.2) is 132 Å². The summed E-state index contributed by atoms with van der Waals surface area (Å²) >= 11 is 0. The van der Waals surface area contributed by atoms with Crippen LogP contribution in [0.25, 0.3) is 22.0 Å². The first-order chi connectivity index (χ1) is 27.8. The van der Waals surface area contributed by atoms with E-state index < -0.39 is 12.2 Å². The number of nitrogens with one attached hydrogen (secondary N) is 2. The van der Waals surface area contributed by atoms with E-state index in [4.69, 9.17) is 4.74 Å². The molecule has 5 aromatic carbocycles. The van der Waals surface area contributed by atoms with Gasteiger partial charge < -0.3 is 35.3 Å². The van der Waals surface area contributed by atoms with E-state index in [1.54, 1.807) is 17.0 Å². The second-order valence-corrected chi connectivity index (χ2v) is 15.2. The number of hydrogen-bond donors (Lipinski definition) is 5. The number of anilines is 1. The number of amides is 1. The van der Waals surface area contributed by atoms with Crippen LogP contribution >= 0.6 is 0 Å². The number of pyridine rings is 1. The maximum absolute atomic E-state index is 13.0. The number of ether oxygens (including phenoxy) is 1. The number of phenolic OH excluding ortho intramolecular Hbond substituents is 1. The Kier molecular flexibility index (Phi) is 11.4. The maximum atomic E-state index is 13.0. The number of carboxylic acid groups (broad SMARTS) is 1. The number of nitrogens with zero attached hydrogens (tertiary/aromatic N) is 2. The third-order valence-corrected chi connectivity index (χ3v) is 11.6.